The van der Waals surface area contributed by atoms with Crippen LogP contribution in [0.15, 0.2) is 24.3 Å². The number of carbonyl (C=O) groups is 2. The van der Waals surface area contributed by atoms with Crippen LogP contribution in [0.3, 0.4) is 0 Å². The maximum Gasteiger partial charge on any atom is 0.230 e. The van der Waals surface area contributed by atoms with Crippen LogP contribution in [0.1, 0.15) is 37.8 Å². The van der Waals surface area contributed by atoms with Gasteiger partial charge in [-0.1, -0.05) is 29.8 Å². The largest absolute Gasteiger partial charge is 0.335 e. The molecule has 1 fully saturated rings. The van der Waals surface area contributed by atoms with Crippen LogP contribution in [0.5, 0.6) is 0 Å². The summed E-state index contributed by atoms with van der Waals surface area (Å²) in [5.41, 5.74) is 0.980. The van der Waals surface area contributed by atoms with Crippen molar-refractivity contribution in [1.82, 2.24) is 4.90 Å². The lowest BCUT2D eigenvalue weighted by atomic mass is 10.0. The monoisotopic (exact) mass is 265 g/mol. The quantitative estimate of drug-likeness (QED) is 0.788. The fourth-order valence-electron chi connectivity index (χ4n) is 2.45. The van der Waals surface area contributed by atoms with E-state index >= 15 is 0 Å². The Morgan fingerprint density at radius 3 is 2.78 bits per heavy atom. The first-order valence-corrected chi connectivity index (χ1v) is 6.50. The Morgan fingerprint density at radius 2 is 2.11 bits per heavy atom. The maximum absolute atomic E-state index is 12.0. The lowest BCUT2D eigenvalue weighted by Crippen LogP contribution is -2.31. The van der Waals surface area contributed by atoms with Crippen molar-refractivity contribution in [2.24, 2.45) is 0 Å². The van der Waals surface area contributed by atoms with Gasteiger partial charge in [-0.25, -0.2) is 0 Å². The number of Topliss-reactive ketones (excluding diaryl/α,β-unsaturated/α-hetero) is 1. The molecule has 1 aliphatic heterocycles. The average molecular weight is 266 g/mol. The summed E-state index contributed by atoms with van der Waals surface area (Å²) in [6.45, 7) is 2.15. The molecule has 1 unspecified atom stereocenters. The van der Waals surface area contributed by atoms with E-state index in [9.17, 15) is 9.59 Å². The van der Waals surface area contributed by atoms with Gasteiger partial charge in [0.2, 0.25) is 5.91 Å². The van der Waals surface area contributed by atoms with Crippen LogP contribution >= 0.6 is 11.6 Å². The topological polar surface area (TPSA) is 37.4 Å². The van der Waals surface area contributed by atoms with E-state index in [2.05, 4.69) is 0 Å². The van der Waals surface area contributed by atoms with E-state index in [1.165, 1.54) is 6.92 Å². The van der Waals surface area contributed by atoms with Gasteiger partial charge in [0.15, 0.2) is 0 Å². The molecule has 0 radical (unpaired) electrons. The Balaban J connectivity index is 2.20. The third-order valence-electron chi connectivity index (χ3n) is 3.24. The number of ketones is 1. The van der Waals surface area contributed by atoms with E-state index in [4.69, 9.17) is 11.6 Å². The standard InChI is InChI=1S/C14H16ClNO2/c1-10(17)9-14(18)16-8-4-7-13(16)11-5-2-3-6-12(11)15/h2-3,5-6,13H,4,7-9H2,1H3. The lowest BCUT2D eigenvalue weighted by molar-refractivity contribution is -0.135. The Bertz CT molecular complexity index is 473. The maximum atomic E-state index is 12.0. The van der Waals surface area contributed by atoms with Gasteiger partial charge in [-0.3, -0.25) is 9.59 Å². The second-order valence-electron chi connectivity index (χ2n) is 4.65. The van der Waals surface area contributed by atoms with Gasteiger partial charge in [-0.15, -0.1) is 0 Å². The highest BCUT2D eigenvalue weighted by atomic mass is 35.5. The summed E-state index contributed by atoms with van der Waals surface area (Å²) in [4.78, 5) is 24.8. The summed E-state index contributed by atoms with van der Waals surface area (Å²) >= 11 is 6.18. The molecular weight excluding hydrogens is 250 g/mol. The number of benzene rings is 1. The molecule has 3 nitrogen and oxygen atoms in total. The molecule has 1 saturated heterocycles. The van der Waals surface area contributed by atoms with Gasteiger partial charge in [0, 0.05) is 11.6 Å². The van der Waals surface area contributed by atoms with Gasteiger partial charge >= 0.3 is 0 Å². The van der Waals surface area contributed by atoms with Crippen LogP contribution in [-0.4, -0.2) is 23.1 Å². The molecule has 1 aromatic rings. The first-order valence-electron chi connectivity index (χ1n) is 6.13. The van der Waals surface area contributed by atoms with E-state index in [0.717, 1.165) is 18.4 Å². The molecule has 96 valence electrons. The van der Waals surface area contributed by atoms with Crippen molar-refractivity contribution >= 4 is 23.3 Å². The Labute approximate surface area is 112 Å². The van der Waals surface area contributed by atoms with Gasteiger partial charge in [0.25, 0.3) is 0 Å². The molecule has 0 aliphatic carbocycles. The van der Waals surface area contributed by atoms with Gasteiger partial charge in [0.05, 0.1) is 12.5 Å². The van der Waals surface area contributed by atoms with Crippen LogP contribution < -0.4 is 0 Å². The SMILES string of the molecule is CC(=O)CC(=O)N1CCCC1c1ccccc1Cl. The fourth-order valence-corrected chi connectivity index (χ4v) is 2.71. The van der Waals surface area contributed by atoms with E-state index < -0.39 is 0 Å². The van der Waals surface area contributed by atoms with Crippen LogP contribution in [0.4, 0.5) is 0 Å². The molecule has 1 amide bonds. The minimum Gasteiger partial charge on any atom is -0.335 e. The smallest absolute Gasteiger partial charge is 0.230 e. The molecule has 1 aromatic carbocycles. The van der Waals surface area contributed by atoms with Crippen molar-refractivity contribution in [3.63, 3.8) is 0 Å². The molecule has 0 aromatic heterocycles. The molecule has 0 bridgehead atoms. The van der Waals surface area contributed by atoms with Crippen molar-refractivity contribution < 1.29 is 9.59 Å². The summed E-state index contributed by atoms with van der Waals surface area (Å²) in [6, 6.07) is 7.61. The van der Waals surface area contributed by atoms with Crippen molar-refractivity contribution in [3.05, 3.63) is 34.9 Å². The molecule has 4 heteroatoms. The first kappa shape index (κ1) is 13.1. The average Bonchev–Trinajstić information content (AvgIpc) is 2.77. The summed E-state index contributed by atoms with van der Waals surface area (Å²) in [5, 5.41) is 0.685. The van der Waals surface area contributed by atoms with Crippen molar-refractivity contribution in [1.29, 1.82) is 0 Å². The molecule has 0 spiro atoms. The zero-order chi connectivity index (χ0) is 13.1. The fraction of sp³-hybridized carbons (Fsp3) is 0.429. The summed E-state index contributed by atoms with van der Waals surface area (Å²) in [6.07, 6.45) is 1.86. The van der Waals surface area contributed by atoms with Gasteiger partial charge < -0.3 is 4.90 Å². The zero-order valence-corrected chi connectivity index (χ0v) is 11.1. The number of likely N-dealkylation sites (tertiary alicyclic amines) is 1. The second-order valence-corrected chi connectivity index (χ2v) is 5.05. The number of amides is 1. The highest BCUT2D eigenvalue weighted by molar-refractivity contribution is 6.31. The van der Waals surface area contributed by atoms with E-state index in [1.54, 1.807) is 4.90 Å². The van der Waals surface area contributed by atoms with Crippen molar-refractivity contribution in [3.8, 4) is 0 Å². The molecular formula is C14H16ClNO2. The lowest BCUT2D eigenvalue weighted by Gasteiger charge is -2.25. The molecule has 1 atom stereocenters. The normalized spacial score (nSPS) is 19.0. The van der Waals surface area contributed by atoms with E-state index in [-0.39, 0.29) is 24.2 Å². The van der Waals surface area contributed by atoms with Crippen molar-refractivity contribution in [2.45, 2.75) is 32.2 Å². The third kappa shape index (κ3) is 2.72. The number of rotatable bonds is 3. The van der Waals surface area contributed by atoms with Crippen LogP contribution in [-0.2, 0) is 9.59 Å². The minimum atomic E-state index is -0.0928. The first-order chi connectivity index (χ1) is 8.59. The Morgan fingerprint density at radius 1 is 1.39 bits per heavy atom. The van der Waals surface area contributed by atoms with E-state index in [0.29, 0.717) is 11.6 Å². The van der Waals surface area contributed by atoms with Gasteiger partial charge in [-0.2, -0.15) is 0 Å². The molecule has 1 heterocycles. The number of hydrogen-bond acceptors (Lipinski definition) is 2. The zero-order valence-electron chi connectivity index (χ0n) is 10.4. The highest BCUT2D eigenvalue weighted by Crippen LogP contribution is 2.35. The van der Waals surface area contributed by atoms with Gasteiger partial charge in [0.1, 0.15) is 5.78 Å². The van der Waals surface area contributed by atoms with Crippen molar-refractivity contribution in [2.75, 3.05) is 6.54 Å². The number of nitrogens with zero attached hydrogens (tertiary/aromatic N) is 1. The Hall–Kier alpha value is -1.35. The molecule has 1 aliphatic rings. The summed E-state index contributed by atoms with van der Waals surface area (Å²) < 4.78 is 0. The highest BCUT2D eigenvalue weighted by Gasteiger charge is 2.31. The summed E-state index contributed by atoms with van der Waals surface area (Å²) in [7, 11) is 0. The molecule has 0 saturated carbocycles. The number of hydrogen-bond donors (Lipinski definition) is 0. The van der Waals surface area contributed by atoms with Crippen LogP contribution in [0.25, 0.3) is 0 Å². The predicted octanol–water partition coefficient (Wildman–Crippen LogP) is 2.98. The van der Waals surface area contributed by atoms with Gasteiger partial charge in [-0.05, 0) is 31.4 Å². The molecule has 0 N–H and O–H groups in total. The minimum absolute atomic E-state index is 0.0129. The number of carbonyl (C=O) groups excluding carboxylic acids is 2. The van der Waals surface area contributed by atoms with Crippen LogP contribution in [0.2, 0.25) is 5.02 Å². The summed E-state index contributed by atoms with van der Waals surface area (Å²) in [5.74, 6) is -0.185. The second kappa shape index (κ2) is 5.53. The van der Waals surface area contributed by atoms with Crippen LogP contribution in [0, 0.1) is 0 Å². The molecule has 18 heavy (non-hydrogen) atoms. The molecule has 2 rings (SSSR count). The van der Waals surface area contributed by atoms with E-state index in [1.807, 2.05) is 24.3 Å². The number of halogens is 1. The third-order valence-corrected chi connectivity index (χ3v) is 3.58. The Kier molecular flexibility index (Phi) is 4.02. The predicted molar refractivity (Wildman–Crippen MR) is 70.4 cm³/mol.